The molecule has 0 spiro atoms. The first kappa shape index (κ1) is 42.0. The second kappa shape index (κ2) is 19.5. The summed E-state index contributed by atoms with van der Waals surface area (Å²) in [7, 11) is -2.51. The Morgan fingerprint density at radius 3 is 1.93 bits per heavy atom. The molecule has 1 heterocycles. The maximum absolute atomic E-state index is 14.1. The van der Waals surface area contributed by atoms with Crippen molar-refractivity contribution < 1.29 is 27.6 Å². The molecule has 1 aliphatic rings. The van der Waals surface area contributed by atoms with E-state index in [0.717, 1.165) is 28.3 Å². The van der Waals surface area contributed by atoms with Crippen molar-refractivity contribution in [2.45, 2.75) is 78.0 Å². The molecule has 3 aromatic carbocycles. The van der Waals surface area contributed by atoms with Gasteiger partial charge in [0.1, 0.15) is 6.04 Å². The number of hydrogen-bond acceptors (Lipinski definition) is 7. The quantitative estimate of drug-likeness (QED) is 0.132. The Hall–Kier alpha value is -4.79. The van der Waals surface area contributed by atoms with E-state index in [-0.39, 0.29) is 47.1 Å². The molecule has 0 bridgehead atoms. The van der Waals surface area contributed by atoms with Gasteiger partial charge in [-0.3, -0.25) is 23.5 Å². The fourth-order valence-electron chi connectivity index (χ4n) is 6.24. The molecule has 1 saturated heterocycles. The molecule has 13 nitrogen and oxygen atoms in total. The lowest BCUT2D eigenvalue weighted by molar-refractivity contribution is -0.130. The molecule has 4 rings (SSSR count). The number of nitrogens with one attached hydrogen (secondary N) is 5. The maximum Gasteiger partial charge on any atom is 0.303 e. The van der Waals surface area contributed by atoms with E-state index >= 15 is 0 Å². The third-order valence-corrected chi connectivity index (χ3v) is 11.4. The molecule has 292 valence electrons. The molecule has 3 aromatic rings. The lowest BCUT2D eigenvalue weighted by atomic mass is 10.0. The molecule has 4 atom stereocenters. The first-order valence-electron chi connectivity index (χ1n) is 18.6. The van der Waals surface area contributed by atoms with Gasteiger partial charge in [0.05, 0.1) is 17.8 Å². The fourth-order valence-corrected chi connectivity index (χ4v) is 7.67. The van der Waals surface area contributed by atoms with Gasteiger partial charge in [-0.2, -0.15) is 12.7 Å². The molecule has 0 unspecified atom stereocenters. The van der Waals surface area contributed by atoms with E-state index in [1.54, 1.807) is 6.92 Å². The van der Waals surface area contributed by atoms with E-state index in [4.69, 9.17) is 0 Å². The van der Waals surface area contributed by atoms with Gasteiger partial charge >= 0.3 is 10.2 Å². The van der Waals surface area contributed by atoms with Gasteiger partial charge in [0.15, 0.2) is 0 Å². The Kier molecular flexibility index (Phi) is 15.2. The van der Waals surface area contributed by atoms with Gasteiger partial charge in [0.2, 0.25) is 11.8 Å². The number of anilines is 1. The van der Waals surface area contributed by atoms with E-state index < -0.39 is 40.1 Å². The van der Waals surface area contributed by atoms with E-state index in [1.807, 2.05) is 88.4 Å². The summed E-state index contributed by atoms with van der Waals surface area (Å²) in [5, 5.41) is 14.8. The monoisotopic (exact) mass is 761 g/mol. The minimum Gasteiger partial charge on any atom is -0.355 e. The summed E-state index contributed by atoms with van der Waals surface area (Å²) >= 11 is 0. The van der Waals surface area contributed by atoms with Crippen LogP contribution in [0.1, 0.15) is 85.3 Å². The van der Waals surface area contributed by atoms with Crippen molar-refractivity contribution in [3.05, 3.63) is 101 Å². The van der Waals surface area contributed by atoms with Gasteiger partial charge in [-0.15, -0.1) is 0 Å². The summed E-state index contributed by atoms with van der Waals surface area (Å²) in [5.41, 5.74) is 2.22. The van der Waals surface area contributed by atoms with Crippen LogP contribution in [0.25, 0.3) is 0 Å². The lowest BCUT2D eigenvalue weighted by Gasteiger charge is -2.27. The summed E-state index contributed by atoms with van der Waals surface area (Å²) < 4.78 is 29.7. The van der Waals surface area contributed by atoms with Crippen LogP contribution in [-0.4, -0.2) is 87.7 Å². The van der Waals surface area contributed by atoms with Gasteiger partial charge < -0.3 is 26.6 Å². The SMILES string of the molecule is CCNC(=O)[C@@H](NC(=O)[C@H](C)NC[C@H](Cc1ccccc1)NC(=O)c1cc(C(=O)N[C@H](C)c2ccccc2)cc(N(C)S(=O)(=O)N2CCCC2)c1)C(C)C. The van der Waals surface area contributed by atoms with Gasteiger partial charge in [-0.25, -0.2) is 0 Å². The van der Waals surface area contributed by atoms with Crippen LogP contribution in [0, 0.1) is 5.92 Å². The van der Waals surface area contributed by atoms with Crippen molar-refractivity contribution in [2.24, 2.45) is 5.92 Å². The van der Waals surface area contributed by atoms with E-state index in [1.165, 1.54) is 29.6 Å². The number of likely N-dealkylation sites (N-methyl/N-ethyl adjacent to an activating group) is 1. The van der Waals surface area contributed by atoms with Gasteiger partial charge in [-0.1, -0.05) is 74.5 Å². The highest BCUT2D eigenvalue weighted by Crippen LogP contribution is 2.25. The normalized spacial score (nSPS) is 15.5. The van der Waals surface area contributed by atoms with Crippen molar-refractivity contribution in [1.82, 2.24) is 30.9 Å². The predicted molar refractivity (Wildman–Crippen MR) is 211 cm³/mol. The van der Waals surface area contributed by atoms with E-state index in [0.29, 0.717) is 26.1 Å². The maximum atomic E-state index is 14.1. The van der Waals surface area contributed by atoms with Crippen LogP contribution in [0.4, 0.5) is 5.69 Å². The van der Waals surface area contributed by atoms with Gasteiger partial charge in [-0.05, 0) is 75.3 Å². The molecule has 0 aliphatic carbocycles. The Morgan fingerprint density at radius 1 is 0.778 bits per heavy atom. The molecule has 0 radical (unpaired) electrons. The molecule has 1 aliphatic heterocycles. The number of hydrogen-bond donors (Lipinski definition) is 5. The Bertz CT molecular complexity index is 1840. The number of carbonyl (C=O) groups excluding carboxylic acids is 4. The van der Waals surface area contributed by atoms with E-state index in [2.05, 4.69) is 26.6 Å². The smallest absolute Gasteiger partial charge is 0.303 e. The van der Waals surface area contributed by atoms with Gasteiger partial charge in [0, 0.05) is 50.4 Å². The molecule has 0 saturated carbocycles. The molecule has 4 amide bonds. The van der Waals surface area contributed by atoms with Crippen LogP contribution < -0.4 is 30.9 Å². The van der Waals surface area contributed by atoms with Crippen molar-refractivity contribution in [2.75, 3.05) is 37.5 Å². The topological polar surface area (TPSA) is 169 Å². The molecule has 0 aromatic heterocycles. The number of nitrogens with zero attached hydrogens (tertiary/aromatic N) is 2. The zero-order valence-corrected chi connectivity index (χ0v) is 32.9. The van der Waals surface area contributed by atoms with Crippen molar-refractivity contribution >= 4 is 39.5 Å². The Balaban J connectivity index is 1.60. The van der Waals surface area contributed by atoms with Crippen LogP contribution >= 0.6 is 0 Å². The first-order chi connectivity index (χ1) is 25.7. The minimum atomic E-state index is -3.93. The number of carbonyl (C=O) groups is 4. The van der Waals surface area contributed by atoms with Crippen LogP contribution in [0.2, 0.25) is 0 Å². The molecule has 14 heteroatoms. The second-order valence-corrected chi connectivity index (χ2v) is 16.0. The number of rotatable bonds is 18. The summed E-state index contributed by atoms with van der Waals surface area (Å²) in [6, 6.07) is 21.1. The molecular formula is C40H55N7O6S. The molecular weight excluding hydrogens is 707 g/mol. The van der Waals surface area contributed by atoms with E-state index in [9.17, 15) is 27.6 Å². The first-order valence-corrected chi connectivity index (χ1v) is 20.0. The molecule has 5 N–H and O–H groups in total. The third kappa shape index (κ3) is 11.4. The third-order valence-electron chi connectivity index (χ3n) is 9.51. The Labute approximate surface area is 319 Å². The average molecular weight is 762 g/mol. The van der Waals surface area contributed by atoms with Crippen molar-refractivity contribution in [1.29, 1.82) is 0 Å². The molecule has 54 heavy (non-hydrogen) atoms. The zero-order valence-electron chi connectivity index (χ0n) is 32.1. The lowest BCUT2D eigenvalue weighted by Crippen LogP contribution is -2.55. The summed E-state index contributed by atoms with van der Waals surface area (Å²) in [4.78, 5) is 53.6. The summed E-state index contributed by atoms with van der Waals surface area (Å²) in [6.07, 6.45) is 1.92. The van der Waals surface area contributed by atoms with Crippen molar-refractivity contribution in [3.8, 4) is 0 Å². The number of benzene rings is 3. The zero-order chi connectivity index (χ0) is 39.4. The highest BCUT2D eigenvalue weighted by Gasteiger charge is 2.31. The van der Waals surface area contributed by atoms with Crippen molar-refractivity contribution in [3.63, 3.8) is 0 Å². The predicted octanol–water partition coefficient (Wildman–Crippen LogP) is 3.55. The Morgan fingerprint density at radius 2 is 1.35 bits per heavy atom. The highest BCUT2D eigenvalue weighted by atomic mass is 32.2. The standard InChI is InChI=1S/C40H55N7O6S/c1-7-41-40(51)36(27(2)3)45-37(48)29(5)42-26-34(22-30-16-10-8-11-17-30)44-39(50)33-23-32(38(49)43-28(4)31-18-12-9-13-19-31)24-35(25-33)46(6)54(52,53)47-20-14-15-21-47/h8-13,16-19,23-25,27-29,34,36,42H,7,14-15,20-22,26H2,1-6H3,(H,41,51)(H,43,49)(H,44,50)(H,45,48)/t28-,29+,34+,36+/m1/s1. The second-order valence-electron chi connectivity index (χ2n) is 14.1. The fraction of sp³-hybridized carbons (Fsp3) is 0.450. The van der Waals surface area contributed by atoms with Crippen LogP contribution in [-0.2, 0) is 26.2 Å². The minimum absolute atomic E-state index is 0.0963. The van der Waals surface area contributed by atoms with Crippen LogP contribution in [0.5, 0.6) is 0 Å². The average Bonchev–Trinajstić information content (AvgIpc) is 3.72. The molecule has 1 fully saturated rings. The summed E-state index contributed by atoms with van der Waals surface area (Å²) in [6.45, 7) is 10.5. The largest absolute Gasteiger partial charge is 0.355 e. The van der Waals surface area contributed by atoms with Crippen LogP contribution in [0.15, 0.2) is 78.9 Å². The highest BCUT2D eigenvalue weighted by molar-refractivity contribution is 7.90. The van der Waals surface area contributed by atoms with Gasteiger partial charge in [0.25, 0.3) is 11.8 Å². The summed E-state index contributed by atoms with van der Waals surface area (Å²) in [5.74, 6) is -1.74. The number of amides is 4. The van der Waals surface area contributed by atoms with Crippen LogP contribution in [0.3, 0.4) is 0 Å².